The molecule has 0 radical (unpaired) electrons. The highest BCUT2D eigenvalue weighted by Gasteiger charge is 2.32. The van der Waals surface area contributed by atoms with E-state index in [2.05, 4.69) is 6.58 Å². The number of hydrogen-bond donors (Lipinski definition) is 0. The molecule has 0 saturated carbocycles. The van der Waals surface area contributed by atoms with Crippen molar-refractivity contribution in [2.45, 2.75) is 31.6 Å². The SMILES string of the molecule is C=CC(=O)N1CCC(C(=O)N2CCCC(c3cc(F)cc(OC)c3)C2)CC1. The minimum atomic E-state index is -0.313. The Bertz CT molecular complexity index is 713. The number of methoxy groups -OCH3 is 1. The number of rotatable bonds is 4. The van der Waals surface area contributed by atoms with Crippen LogP contribution in [0.1, 0.15) is 37.2 Å². The van der Waals surface area contributed by atoms with Gasteiger partial charge in [-0.25, -0.2) is 4.39 Å². The van der Waals surface area contributed by atoms with Crippen LogP contribution in [0, 0.1) is 11.7 Å². The Morgan fingerprint density at radius 2 is 1.89 bits per heavy atom. The third-order valence-corrected chi connectivity index (χ3v) is 5.66. The lowest BCUT2D eigenvalue weighted by Crippen LogP contribution is -2.46. The molecule has 0 spiro atoms. The van der Waals surface area contributed by atoms with Crippen LogP contribution in [0.4, 0.5) is 4.39 Å². The topological polar surface area (TPSA) is 49.9 Å². The van der Waals surface area contributed by atoms with Gasteiger partial charge in [-0.05, 0) is 49.5 Å². The van der Waals surface area contributed by atoms with Gasteiger partial charge in [-0.3, -0.25) is 9.59 Å². The van der Waals surface area contributed by atoms with Crippen molar-refractivity contribution >= 4 is 11.8 Å². The molecular formula is C21H27FN2O3. The maximum absolute atomic E-state index is 13.8. The summed E-state index contributed by atoms with van der Waals surface area (Å²) in [7, 11) is 1.53. The molecule has 2 heterocycles. The first-order chi connectivity index (χ1) is 13.0. The van der Waals surface area contributed by atoms with E-state index in [0.29, 0.717) is 38.2 Å². The summed E-state index contributed by atoms with van der Waals surface area (Å²) in [6, 6.07) is 4.77. The van der Waals surface area contributed by atoms with Gasteiger partial charge in [0.2, 0.25) is 11.8 Å². The second-order valence-electron chi connectivity index (χ2n) is 7.35. The Kier molecular flexibility index (Phi) is 6.14. The predicted molar refractivity (Wildman–Crippen MR) is 101 cm³/mol. The first-order valence-corrected chi connectivity index (χ1v) is 9.56. The second kappa shape index (κ2) is 8.55. The first kappa shape index (κ1) is 19.4. The van der Waals surface area contributed by atoms with Gasteiger partial charge in [0.25, 0.3) is 0 Å². The molecule has 2 saturated heterocycles. The van der Waals surface area contributed by atoms with Crippen LogP contribution in [-0.4, -0.2) is 54.9 Å². The number of halogens is 1. The van der Waals surface area contributed by atoms with Crippen LogP contribution in [0.2, 0.25) is 0 Å². The summed E-state index contributed by atoms with van der Waals surface area (Å²) in [5.74, 6) is 0.363. The molecule has 0 aromatic heterocycles. The van der Waals surface area contributed by atoms with Gasteiger partial charge in [0, 0.05) is 44.1 Å². The van der Waals surface area contributed by atoms with Gasteiger partial charge in [-0.1, -0.05) is 6.58 Å². The average Bonchev–Trinajstić information content (AvgIpc) is 2.72. The number of nitrogens with zero attached hydrogens (tertiary/aromatic N) is 2. The van der Waals surface area contributed by atoms with Crippen LogP contribution in [0.15, 0.2) is 30.9 Å². The highest BCUT2D eigenvalue weighted by Crippen LogP contribution is 2.31. The number of benzene rings is 1. The first-order valence-electron chi connectivity index (χ1n) is 9.56. The number of ether oxygens (including phenoxy) is 1. The summed E-state index contributed by atoms with van der Waals surface area (Å²) in [4.78, 5) is 28.3. The van der Waals surface area contributed by atoms with Crippen molar-refractivity contribution in [1.82, 2.24) is 9.80 Å². The second-order valence-corrected chi connectivity index (χ2v) is 7.35. The lowest BCUT2D eigenvalue weighted by molar-refractivity contribution is -0.140. The number of amides is 2. The van der Waals surface area contributed by atoms with E-state index in [1.807, 2.05) is 11.0 Å². The Labute approximate surface area is 159 Å². The summed E-state index contributed by atoms with van der Waals surface area (Å²) in [5, 5.41) is 0. The summed E-state index contributed by atoms with van der Waals surface area (Å²) in [6.45, 7) is 6.06. The van der Waals surface area contributed by atoms with E-state index in [-0.39, 0.29) is 29.5 Å². The molecule has 1 unspecified atom stereocenters. The molecule has 6 heteroatoms. The minimum Gasteiger partial charge on any atom is -0.497 e. The number of likely N-dealkylation sites (tertiary alicyclic amines) is 2. The van der Waals surface area contributed by atoms with Crippen molar-refractivity contribution in [2.75, 3.05) is 33.3 Å². The standard InChI is InChI=1S/C21H27FN2O3/c1-3-20(25)23-9-6-15(7-10-23)21(26)24-8-4-5-16(14-24)17-11-18(22)13-19(12-17)27-2/h3,11-13,15-16H,1,4-10,14H2,2H3. The zero-order valence-electron chi connectivity index (χ0n) is 15.8. The van der Waals surface area contributed by atoms with Crippen LogP contribution in [-0.2, 0) is 9.59 Å². The summed E-state index contributed by atoms with van der Waals surface area (Å²) in [5.41, 5.74) is 0.885. The van der Waals surface area contributed by atoms with Crippen LogP contribution in [0.25, 0.3) is 0 Å². The molecule has 2 aliphatic heterocycles. The third kappa shape index (κ3) is 4.49. The lowest BCUT2D eigenvalue weighted by atomic mass is 9.88. The summed E-state index contributed by atoms with van der Waals surface area (Å²) >= 11 is 0. The molecule has 1 aromatic rings. The van der Waals surface area contributed by atoms with Crippen molar-refractivity contribution in [2.24, 2.45) is 5.92 Å². The van der Waals surface area contributed by atoms with Gasteiger partial charge in [-0.2, -0.15) is 0 Å². The fourth-order valence-corrected chi connectivity index (χ4v) is 4.12. The van der Waals surface area contributed by atoms with Gasteiger partial charge >= 0.3 is 0 Å². The zero-order chi connectivity index (χ0) is 19.4. The van der Waals surface area contributed by atoms with Crippen LogP contribution in [0.3, 0.4) is 0 Å². The Morgan fingerprint density at radius 3 is 2.56 bits per heavy atom. The molecule has 27 heavy (non-hydrogen) atoms. The monoisotopic (exact) mass is 374 g/mol. The highest BCUT2D eigenvalue weighted by atomic mass is 19.1. The molecule has 0 N–H and O–H groups in total. The van der Waals surface area contributed by atoms with Crippen molar-refractivity contribution in [3.8, 4) is 5.75 Å². The molecular weight excluding hydrogens is 347 g/mol. The fraction of sp³-hybridized carbons (Fsp3) is 0.524. The summed E-state index contributed by atoms with van der Waals surface area (Å²) in [6.07, 6.45) is 4.54. The molecule has 0 bridgehead atoms. The van der Waals surface area contributed by atoms with Crippen LogP contribution >= 0.6 is 0 Å². The lowest BCUT2D eigenvalue weighted by Gasteiger charge is -2.38. The molecule has 146 valence electrons. The quantitative estimate of drug-likeness (QED) is 0.762. The number of hydrogen-bond acceptors (Lipinski definition) is 3. The van der Waals surface area contributed by atoms with E-state index in [4.69, 9.17) is 4.74 Å². The van der Waals surface area contributed by atoms with Crippen molar-refractivity contribution < 1.29 is 18.7 Å². The van der Waals surface area contributed by atoms with Crippen molar-refractivity contribution in [3.05, 3.63) is 42.2 Å². The smallest absolute Gasteiger partial charge is 0.245 e. The van der Waals surface area contributed by atoms with E-state index in [0.717, 1.165) is 24.9 Å². The van der Waals surface area contributed by atoms with Gasteiger partial charge in [0.05, 0.1) is 7.11 Å². The van der Waals surface area contributed by atoms with E-state index in [1.54, 1.807) is 11.0 Å². The van der Waals surface area contributed by atoms with Gasteiger partial charge in [0.15, 0.2) is 0 Å². The van der Waals surface area contributed by atoms with Gasteiger partial charge in [-0.15, -0.1) is 0 Å². The minimum absolute atomic E-state index is 0.0420. The largest absolute Gasteiger partial charge is 0.497 e. The van der Waals surface area contributed by atoms with Crippen LogP contribution in [0.5, 0.6) is 5.75 Å². The van der Waals surface area contributed by atoms with E-state index in [9.17, 15) is 14.0 Å². The Hall–Kier alpha value is -2.37. The molecule has 2 amide bonds. The van der Waals surface area contributed by atoms with E-state index in [1.165, 1.54) is 19.3 Å². The molecule has 5 nitrogen and oxygen atoms in total. The average molecular weight is 374 g/mol. The third-order valence-electron chi connectivity index (χ3n) is 5.66. The summed E-state index contributed by atoms with van der Waals surface area (Å²) < 4.78 is 19.0. The fourth-order valence-electron chi connectivity index (χ4n) is 4.12. The van der Waals surface area contributed by atoms with Crippen molar-refractivity contribution in [1.29, 1.82) is 0 Å². The molecule has 2 aliphatic rings. The maximum atomic E-state index is 13.8. The highest BCUT2D eigenvalue weighted by molar-refractivity contribution is 5.87. The normalized spacial score (nSPS) is 21.0. The Morgan fingerprint density at radius 1 is 1.15 bits per heavy atom. The Balaban J connectivity index is 1.63. The van der Waals surface area contributed by atoms with E-state index >= 15 is 0 Å². The molecule has 2 fully saturated rings. The van der Waals surface area contributed by atoms with Crippen LogP contribution < -0.4 is 4.74 Å². The zero-order valence-corrected chi connectivity index (χ0v) is 15.8. The molecule has 1 aromatic carbocycles. The van der Waals surface area contributed by atoms with E-state index < -0.39 is 0 Å². The predicted octanol–water partition coefficient (Wildman–Crippen LogP) is 2.96. The van der Waals surface area contributed by atoms with Gasteiger partial charge < -0.3 is 14.5 Å². The number of carbonyl (C=O) groups excluding carboxylic acids is 2. The molecule has 0 aliphatic carbocycles. The maximum Gasteiger partial charge on any atom is 0.245 e. The molecule has 3 rings (SSSR count). The van der Waals surface area contributed by atoms with Gasteiger partial charge in [0.1, 0.15) is 11.6 Å². The number of piperidine rings is 2. The number of carbonyl (C=O) groups is 2. The van der Waals surface area contributed by atoms with Crippen molar-refractivity contribution in [3.63, 3.8) is 0 Å². The molecule has 1 atom stereocenters.